The monoisotopic (exact) mass is 328 g/mol. The van der Waals surface area contributed by atoms with E-state index in [1.54, 1.807) is 0 Å². The Kier molecular flexibility index (Phi) is 6.12. The Morgan fingerprint density at radius 1 is 1.29 bits per heavy atom. The van der Waals surface area contributed by atoms with Crippen LogP contribution in [0, 0.1) is 13.8 Å². The second-order valence-electron chi connectivity index (χ2n) is 5.60. The summed E-state index contributed by atoms with van der Waals surface area (Å²) in [5, 5.41) is 11.2. The molecule has 0 fully saturated rings. The Morgan fingerprint density at radius 3 is 2.58 bits per heavy atom. The van der Waals surface area contributed by atoms with E-state index in [4.69, 9.17) is 4.74 Å². The molecule has 0 saturated carbocycles. The van der Waals surface area contributed by atoms with Crippen LogP contribution in [0.4, 0.5) is 0 Å². The number of hydrogen-bond acceptors (Lipinski definition) is 4. The first-order chi connectivity index (χ1) is 11.5. The quantitative estimate of drug-likeness (QED) is 0.606. The third kappa shape index (κ3) is 4.68. The van der Waals surface area contributed by atoms with Gasteiger partial charge in [0.2, 0.25) is 5.91 Å². The zero-order valence-electron chi connectivity index (χ0n) is 14.6. The molecule has 0 unspecified atom stereocenters. The Balaban J connectivity index is 1.88. The first kappa shape index (κ1) is 17.7. The second-order valence-corrected chi connectivity index (χ2v) is 5.60. The van der Waals surface area contributed by atoms with Crippen molar-refractivity contribution in [2.24, 2.45) is 5.10 Å². The average Bonchev–Trinajstić information content (AvgIpc) is 2.90. The van der Waals surface area contributed by atoms with Gasteiger partial charge in [-0.2, -0.15) is 10.2 Å². The van der Waals surface area contributed by atoms with E-state index >= 15 is 0 Å². The fourth-order valence-electron chi connectivity index (χ4n) is 2.41. The van der Waals surface area contributed by atoms with Crippen LogP contribution in [0.3, 0.4) is 0 Å². The maximum Gasteiger partial charge on any atom is 0.240 e. The van der Waals surface area contributed by atoms with Crippen molar-refractivity contribution in [1.29, 1.82) is 0 Å². The lowest BCUT2D eigenvalue weighted by atomic mass is 10.1. The molecule has 0 bridgehead atoms. The number of H-pyrrole nitrogens is 1. The summed E-state index contributed by atoms with van der Waals surface area (Å²) in [6, 6.07) is 7.64. The first-order valence-corrected chi connectivity index (χ1v) is 8.08. The van der Waals surface area contributed by atoms with Gasteiger partial charge in [0.05, 0.1) is 18.0 Å². The summed E-state index contributed by atoms with van der Waals surface area (Å²) in [5.41, 5.74) is 7.35. The molecule has 0 aliphatic carbocycles. The van der Waals surface area contributed by atoms with Gasteiger partial charge in [-0.15, -0.1) is 0 Å². The molecule has 0 atom stereocenters. The standard InChI is InChI=1S/C18H24N4O2/c1-5-24-16-8-6-15(7-9-16)12(2)19-22-18(23)11-10-17-13(3)20-21-14(17)4/h6-9H,5,10-11H2,1-4H3,(H,20,21)(H,22,23)/b19-12+. The number of ether oxygens (including phenoxy) is 1. The van der Waals surface area contributed by atoms with Crippen molar-refractivity contribution in [3.05, 3.63) is 46.8 Å². The lowest BCUT2D eigenvalue weighted by molar-refractivity contribution is -0.121. The molecule has 128 valence electrons. The Hall–Kier alpha value is -2.63. The van der Waals surface area contributed by atoms with Crippen molar-refractivity contribution >= 4 is 11.6 Å². The number of amides is 1. The minimum atomic E-state index is -0.111. The number of rotatable bonds is 7. The van der Waals surface area contributed by atoms with Crippen LogP contribution in [0.25, 0.3) is 0 Å². The normalized spacial score (nSPS) is 11.4. The van der Waals surface area contributed by atoms with Gasteiger partial charge in [0.1, 0.15) is 5.75 Å². The van der Waals surface area contributed by atoms with Crippen LogP contribution < -0.4 is 10.2 Å². The number of aromatic nitrogens is 2. The van der Waals surface area contributed by atoms with E-state index in [-0.39, 0.29) is 5.91 Å². The average molecular weight is 328 g/mol. The van der Waals surface area contributed by atoms with E-state index < -0.39 is 0 Å². The highest BCUT2D eigenvalue weighted by Crippen LogP contribution is 2.13. The van der Waals surface area contributed by atoms with Crippen LogP contribution in [0.15, 0.2) is 29.4 Å². The van der Waals surface area contributed by atoms with E-state index in [1.807, 2.05) is 52.0 Å². The lowest BCUT2D eigenvalue weighted by Crippen LogP contribution is -2.19. The predicted molar refractivity (Wildman–Crippen MR) is 94.3 cm³/mol. The topological polar surface area (TPSA) is 79.4 Å². The van der Waals surface area contributed by atoms with Gasteiger partial charge in [0, 0.05) is 12.1 Å². The third-order valence-electron chi connectivity index (χ3n) is 3.81. The van der Waals surface area contributed by atoms with E-state index in [9.17, 15) is 4.79 Å². The number of nitrogens with one attached hydrogen (secondary N) is 2. The molecule has 0 aliphatic heterocycles. The van der Waals surface area contributed by atoms with Crippen LogP contribution in [-0.4, -0.2) is 28.4 Å². The van der Waals surface area contributed by atoms with E-state index in [1.165, 1.54) is 0 Å². The molecule has 24 heavy (non-hydrogen) atoms. The van der Waals surface area contributed by atoms with Gasteiger partial charge in [-0.3, -0.25) is 9.89 Å². The van der Waals surface area contributed by atoms with Crippen LogP contribution in [-0.2, 0) is 11.2 Å². The SMILES string of the molecule is CCOc1ccc(/C(C)=N/NC(=O)CCc2c(C)n[nH]c2C)cc1. The summed E-state index contributed by atoms with van der Waals surface area (Å²) in [5.74, 6) is 0.712. The summed E-state index contributed by atoms with van der Waals surface area (Å²) in [7, 11) is 0. The molecule has 0 radical (unpaired) electrons. The molecular formula is C18H24N4O2. The van der Waals surface area contributed by atoms with Gasteiger partial charge < -0.3 is 4.74 Å². The first-order valence-electron chi connectivity index (χ1n) is 8.08. The molecule has 6 nitrogen and oxygen atoms in total. The summed E-state index contributed by atoms with van der Waals surface area (Å²) >= 11 is 0. The van der Waals surface area contributed by atoms with Crippen LogP contribution in [0.5, 0.6) is 5.75 Å². The predicted octanol–water partition coefficient (Wildman–Crippen LogP) is 2.90. The van der Waals surface area contributed by atoms with Crippen LogP contribution >= 0.6 is 0 Å². The summed E-state index contributed by atoms with van der Waals surface area (Å²) in [4.78, 5) is 12.0. The Morgan fingerprint density at radius 2 is 2.00 bits per heavy atom. The van der Waals surface area contributed by atoms with Crippen molar-refractivity contribution < 1.29 is 9.53 Å². The molecule has 2 N–H and O–H groups in total. The van der Waals surface area contributed by atoms with Crippen molar-refractivity contribution in [2.75, 3.05) is 6.61 Å². The smallest absolute Gasteiger partial charge is 0.240 e. The van der Waals surface area contributed by atoms with Crippen molar-refractivity contribution in [3.63, 3.8) is 0 Å². The molecule has 1 heterocycles. The van der Waals surface area contributed by atoms with Crippen LogP contribution in [0.2, 0.25) is 0 Å². The molecule has 6 heteroatoms. The summed E-state index contributed by atoms with van der Waals surface area (Å²) in [6.07, 6.45) is 1.03. The van der Waals surface area contributed by atoms with Gasteiger partial charge in [0.25, 0.3) is 0 Å². The van der Waals surface area contributed by atoms with E-state index in [0.29, 0.717) is 19.4 Å². The highest BCUT2D eigenvalue weighted by atomic mass is 16.5. The maximum atomic E-state index is 12.0. The number of hydrazone groups is 1. The van der Waals surface area contributed by atoms with Crippen molar-refractivity contribution in [1.82, 2.24) is 15.6 Å². The molecular weight excluding hydrogens is 304 g/mol. The third-order valence-corrected chi connectivity index (χ3v) is 3.81. The van der Waals surface area contributed by atoms with E-state index in [0.717, 1.165) is 34.0 Å². The molecule has 0 aliphatic rings. The molecule has 0 spiro atoms. The molecule has 0 saturated heterocycles. The number of benzene rings is 1. The second kappa shape index (κ2) is 8.29. The number of carbonyl (C=O) groups excluding carboxylic acids is 1. The van der Waals surface area contributed by atoms with Crippen molar-refractivity contribution in [2.45, 2.75) is 40.5 Å². The van der Waals surface area contributed by atoms with Gasteiger partial charge in [-0.25, -0.2) is 5.43 Å². The summed E-state index contributed by atoms with van der Waals surface area (Å²) in [6.45, 7) is 8.34. The molecule has 1 aromatic carbocycles. The van der Waals surface area contributed by atoms with Crippen molar-refractivity contribution in [3.8, 4) is 5.75 Å². The van der Waals surface area contributed by atoms with Crippen LogP contribution in [0.1, 0.15) is 42.8 Å². The van der Waals surface area contributed by atoms with Gasteiger partial charge in [-0.1, -0.05) is 0 Å². The molecule has 1 aromatic heterocycles. The highest BCUT2D eigenvalue weighted by Gasteiger charge is 2.09. The maximum absolute atomic E-state index is 12.0. The number of hydrogen-bond donors (Lipinski definition) is 2. The molecule has 2 aromatic rings. The Labute approximate surface area is 142 Å². The minimum absolute atomic E-state index is 0.111. The highest BCUT2D eigenvalue weighted by molar-refractivity contribution is 5.99. The van der Waals surface area contributed by atoms with Gasteiger partial charge in [-0.05, 0) is 69.5 Å². The lowest BCUT2D eigenvalue weighted by Gasteiger charge is -2.06. The zero-order valence-corrected chi connectivity index (χ0v) is 14.6. The fraction of sp³-hybridized carbons (Fsp3) is 0.389. The Bertz CT molecular complexity index is 698. The van der Waals surface area contributed by atoms with Gasteiger partial charge >= 0.3 is 0 Å². The van der Waals surface area contributed by atoms with Gasteiger partial charge in [0.15, 0.2) is 0 Å². The van der Waals surface area contributed by atoms with E-state index in [2.05, 4.69) is 20.7 Å². The number of nitrogens with zero attached hydrogens (tertiary/aromatic N) is 2. The largest absolute Gasteiger partial charge is 0.494 e. The summed E-state index contributed by atoms with van der Waals surface area (Å²) < 4.78 is 5.41. The number of aryl methyl sites for hydroxylation is 2. The molecule has 2 rings (SSSR count). The zero-order chi connectivity index (χ0) is 17.5. The molecule has 1 amide bonds. The minimum Gasteiger partial charge on any atom is -0.494 e. The fourth-order valence-corrected chi connectivity index (χ4v) is 2.41. The number of carbonyl (C=O) groups is 1. The number of aromatic amines is 1.